The van der Waals surface area contributed by atoms with Crippen LogP contribution in [0, 0.1) is 11.3 Å². The molecule has 0 spiro atoms. The minimum Gasteiger partial charge on any atom is -0.465 e. The van der Waals surface area contributed by atoms with Crippen LogP contribution in [0.5, 0.6) is 5.75 Å². The smallest absolute Gasteiger partial charge is 0.465 e. The number of ether oxygens (including phenoxy) is 2. The number of esters is 1. The Bertz CT molecular complexity index is 522. The summed E-state index contributed by atoms with van der Waals surface area (Å²) in [5.41, 5.74) is -0.587. The number of hydrogen-bond acceptors (Lipinski definition) is 4. The van der Waals surface area contributed by atoms with Gasteiger partial charge in [-0.15, -0.1) is 13.2 Å². The van der Waals surface area contributed by atoms with Crippen molar-refractivity contribution in [1.29, 1.82) is 5.26 Å². The second kappa shape index (κ2) is 5.14. The predicted octanol–water partition coefficient (Wildman–Crippen LogP) is 2.90. The van der Waals surface area contributed by atoms with Gasteiger partial charge in [-0.3, -0.25) is 0 Å². The molecular weight excluding hydrogens is 275 g/mol. The van der Waals surface area contributed by atoms with Crippen molar-refractivity contribution in [2.45, 2.75) is 6.36 Å². The van der Waals surface area contributed by atoms with Crippen LogP contribution < -0.4 is 4.74 Å². The quantitative estimate of drug-likeness (QED) is 0.781. The second-order valence-corrected chi connectivity index (χ2v) is 3.37. The molecule has 0 N–H and O–H groups in total. The van der Waals surface area contributed by atoms with Crippen molar-refractivity contribution in [3.63, 3.8) is 0 Å². The van der Waals surface area contributed by atoms with Crippen molar-refractivity contribution in [2.24, 2.45) is 0 Å². The lowest BCUT2D eigenvalue weighted by atomic mass is 10.1. The highest BCUT2D eigenvalue weighted by Gasteiger charge is 2.33. The number of nitrogens with zero attached hydrogens (tertiary/aromatic N) is 1. The molecule has 1 aromatic carbocycles. The molecule has 0 aromatic heterocycles. The second-order valence-electron chi connectivity index (χ2n) is 2.99. The van der Waals surface area contributed by atoms with E-state index < -0.39 is 23.1 Å². The van der Waals surface area contributed by atoms with Gasteiger partial charge in [0.1, 0.15) is 16.8 Å². The molecular formula is C10H5ClF3NO3. The van der Waals surface area contributed by atoms with Crippen molar-refractivity contribution in [3.05, 3.63) is 28.3 Å². The molecule has 0 aliphatic carbocycles. The van der Waals surface area contributed by atoms with Gasteiger partial charge in [-0.1, -0.05) is 11.6 Å². The lowest BCUT2D eigenvalue weighted by molar-refractivity contribution is -0.274. The van der Waals surface area contributed by atoms with Gasteiger partial charge in [-0.2, -0.15) is 5.26 Å². The van der Waals surface area contributed by atoms with Crippen LogP contribution in [0.2, 0.25) is 5.02 Å². The summed E-state index contributed by atoms with van der Waals surface area (Å²) >= 11 is 5.54. The summed E-state index contributed by atoms with van der Waals surface area (Å²) in [5.74, 6) is -1.74. The maximum absolute atomic E-state index is 12.1. The zero-order valence-corrected chi connectivity index (χ0v) is 9.59. The largest absolute Gasteiger partial charge is 0.573 e. The van der Waals surface area contributed by atoms with Gasteiger partial charge in [-0.25, -0.2) is 4.79 Å². The van der Waals surface area contributed by atoms with Gasteiger partial charge in [0.05, 0.1) is 18.2 Å². The Morgan fingerprint density at radius 2 is 2.06 bits per heavy atom. The van der Waals surface area contributed by atoms with Gasteiger partial charge < -0.3 is 9.47 Å². The fourth-order valence-electron chi connectivity index (χ4n) is 1.11. The van der Waals surface area contributed by atoms with E-state index in [9.17, 15) is 18.0 Å². The third kappa shape index (κ3) is 3.28. The number of nitriles is 1. The normalized spacial score (nSPS) is 10.7. The van der Waals surface area contributed by atoms with Gasteiger partial charge in [-0.05, 0) is 12.1 Å². The van der Waals surface area contributed by atoms with Gasteiger partial charge in [0.2, 0.25) is 0 Å². The van der Waals surface area contributed by atoms with Crippen molar-refractivity contribution in [2.75, 3.05) is 7.11 Å². The summed E-state index contributed by atoms with van der Waals surface area (Å²) in [7, 11) is 1.05. The Morgan fingerprint density at radius 1 is 1.44 bits per heavy atom. The predicted molar refractivity (Wildman–Crippen MR) is 54.2 cm³/mol. The number of rotatable bonds is 2. The summed E-state index contributed by atoms with van der Waals surface area (Å²) in [4.78, 5) is 11.2. The van der Waals surface area contributed by atoms with Crippen LogP contribution in [0.15, 0.2) is 12.1 Å². The van der Waals surface area contributed by atoms with Crippen molar-refractivity contribution in [1.82, 2.24) is 0 Å². The fourth-order valence-corrected chi connectivity index (χ4v) is 1.30. The summed E-state index contributed by atoms with van der Waals surface area (Å²) in [6, 6.07) is 3.32. The van der Waals surface area contributed by atoms with E-state index in [0.717, 1.165) is 19.2 Å². The summed E-state index contributed by atoms with van der Waals surface area (Å²) < 4.78 is 44.2. The molecule has 0 radical (unpaired) electrons. The van der Waals surface area contributed by atoms with Crippen LogP contribution in [-0.4, -0.2) is 19.4 Å². The average Bonchev–Trinajstić information content (AvgIpc) is 2.29. The highest BCUT2D eigenvalue weighted by atomic mass is 35.5. The number of carbonyl (C=O) groups excluding carboxylic acids is 1. The number of benzene rings is 1. The van der Waals surface area contributed by atoms with Crippen LogP contribution in [0.3, 0.4) is 0 Å². The molecule has 0 heterocycles. The number of carbonyl (C=O) groups is 1. The minimum absolute atomic E-state index is 0.266. The molecule has 0 atom stereocenters. The van der Waals surface area contributed by atoms with E-state index in [1.165, 1.54) is 0 Å². The van der Waals surface area contributed by atoms with E-state index in [-0.39, 0.29) is 11.1 Å². The third-order valence-electron chi connectivity index (χ3n) is 1.81. The highest BCUT2D eigenvalue weighted by molar-refractivity contribution is 6.33. The lowest BCUT2D eigenvalue weighted by Crippen LogP contribution is -2.18. The minimum atomic E-state index is -4.98. The van der Waals surface area contributed by atoms with Gasteiger partial charge in [0, 0.05) is 0 Å². The first-order chi connectivity index (χ1) is 8.28. The molecule has 0 amide bonds. The molecule has 0 aliphatic rings. The Labute approximate surface area is 104 Å². The van der Waals surface area contributed by atoms with Crippen LogP contribution >= 0.6 is 11.6 Å². The maximum atomic E-state index is 12.1. The molecule has 0 unspecified atom stereocenters. The first-order valence-corrected chi connectivity index (χ1v) is 4.74. The monoisotopic (exact) mass is 279 g/mol. The summed E-state index contributed by atoms with van der Waals surface area (Å²) in [5, 5.41) is 8.17. The van der Waals surface area contributed by atoms with Gasteiger partial charge in [0.15, 0.2) is 0 Å². The standard InChI is InChI=1S/C10H5ClF3NO3/c1-17-9(16)5-2-6(4-15)8(11)7(3-5)18-10(12,13)14/h2-3H,1H3. The van der Waals surface area contributed by atoms with Crippen LogP contribution in [0.25, 0.3) is 0 Å². The Morgan fingerprint density at radius 3 is 2.50 bits per heavy atom. The van der Waals surface area contributed by atoms with Crippen molar-refractivity contribution < 1.29 is 27.4 Å². The first-order valence-electron chi connectivity index (χ1n) is 4.36. The first kappa shape index (κ1) is 14.1. The fraction of sp³-hybridized carbons (Fsp3) is 0.200. The number of alkyl halides is 3. The SMILES string of the molecule is COC(=O)c1cc(C#N)c(Cl)c(OC(F)(F)F)c1. The number of halogens is 4. The van der Waals surface area contributed by atoms with E-state index in [2.05, 4.69) is 9.47 Å². The maximum Gasteiger partial charge on any atom is 0.573 e. The average molecular weight is 280 g/mol. The lowest BCUT2D eigenvalue weighted by Gasteiger charge is -2.12. The van der Waals surface area contributed by atoms with Gasteiger partial charge in [0.25, 0.3) is 0 Å². The highest BCUT2D eigenvalue weighted by Crippen LogP contribution is 2.33. The molecule has 1 rings (SSSR count). The third-order valence-corrected chi connectivity index (χ3v) is 2.20. The Kier molecular flexibility index (Phi) is 4.03. The van der Waals surface area contributed by atoms with Crippen molar-refractivity contribution >= 4 is 17.6 Å². The van der Waals surface area contributed by atoms with E-state index in [1.54, 1.807) is 6.07 Å². The number of hydrogen-bond donors (Lipinski definition) is 0. The summed E-state index contributed by atoms with van der Waals surface area (Å²) in [6.45, 7) is 0. The van der Waals surface area contributed by atoms with E-state index in [4.69, 9.17) is 16.9 Å². The molecule has 0 saturated carbocycles. The molecule has 0 fully saturated rings. The summed E-state index contributed by atoms with van der Waals surface area (Å²) in [6.07, 6.45) is -4.98. The molecule has 0 bridgehead atoms. The molecule has 0 aliphatic heterocycles. The zero-order chi connectivity index (χ0) is 13.9. The molecule has 18 heavy (non-hydrogen) atoms. The number of methoxy groups -OCH3 is 1. The molecule has 1 aromatic rings. The van der Waals surface area contributed by atoms with Gasteiger partial charge >= 0.3 is 12.3 Å². The van der Waals surface area contributed by atoms with Crippen LogP contribution in [-0.2, 0) is 4.74 Å². The zero-order valence-electron chi connectivity index (χ0n) is 8.84. The molecule has 4 nitrogen and oxygen atoms in total. The van der Waals surface area contributed by atoms with E-state index in [1.807, 2.05) is 0 Å². The van der Waals surface area contributed by atoms with Crippen LogP contribution in [0.4, 0.5) is 13.2 Å². The Balaban J connectivity index is 3.33. The topological polar surface area (TPSA) is 59.3 Å². The van der Waals surface area contributed by atoms with E-state index in [0.29, 0.717) is 0 Å². The van der Waals surface area contributed by atoms with Crippen molar-refractivity contribution in [3.8, 4) is 11.8 Å². The van der Waals surface area contributed by atoms with E-state index >= 15 is 0 Å². The molecule has 96 valence electrons. The Hall–Kier alpha value is -1.94. The molecule has 0 saturated heterocycles. The molecule has 8 heteroatoms. The van der Waals surface area contributed by atoms with Crippen LogP contribution in [0.1, 0.15) is 15.9 Å².